The Bertz CT molecular complexity index is 885. The molecule has 2 aromatic carbocycles. The van der Waals surface area contributed by atoms with Gasteiger partial charge in [-0.3, -0.25) is 0 Å². The van der Waals surface area contributed by atoms with E-state index < -0.39 is 0 Å². The van der Waals surface area contributed by atoms with Gasteiger partial charge in [0.2, 0.25) is 5.95 Å². The third kappa shape index (κ3) is 4.32. The topological polar surface area (TPSA) is 59.1 Å². The Balaban J connectivity index is 1.82. The van der Waals surface area contributed by atoms with E-state index in [1.165, 1.54) is 0 Å². The SMILES string of the molecule is COc1cc(Cl)c(C)cc1Nc1ccnc(Nc2ccc(Cl)cc2)n1. The van der Waals surface area contributed by atoms with E-state index in [0.29, 0.717) is 27.6 Å². The van der Waals surface area contributed by atoms with E-state index in [1.54, 1.807) is 37.6 Å². The smallest absolute Gasteiger partial charge is 0.229 e. The second-order valence-corrected chi connectivity index (χ2v) is 6.17. The van der Waals surface area contributed by atoms with Crippen molar-refractivity contribution in [2.45, 2.75) is 6.92 Å². The molecule has 0 spiro atoms. The van der Waals surface area contributed by atoms with Gasteiger partial charge in [-0.25, -0.2) is 4.98 Å². The summed E-state index contributed by atoms with van der Waals surface area (Å²) in [6.45, 7) is 1.93. The average Bonchev–Trinajstić information content (AvgIpc) is 2.60. The van der Waals surface area contributed by atoms with Crippen LogP contribution in [-0.4, -0.2) is 17.1 Å². The lowest BCUT2D eigenvalue weighted by atomic mass is 10.2. The van der Waals surface area contributed by atoms with Crippen LogP contribution in [0.5, 0.6) is 5.75 Å². The van der Waals surface area contributed by atoms with Crippen LogP contribution in [0.2, 0.25) is 10.0 Å². The second kappa shape index (κ2) is 7.59. The molecule has 0 aliphatic carbocycles. The van der Waals surface area contributed by atoms with Crippen LogP contribution in [-0.2, 0) is 0 Å². The molecular formula is C18H16Cl2N4O. The summed E-state index contributed by atoms with van der Waals surface area (Å²) in [6, 6.07) is 12.8. The highest BCUT2D eigenvalue weighted by Crippen LogP contribution is 2.32. The number of halogens is 2. The van der Waals surface area contributed by atoms with Crippen molar-refractivity contribution in [2.24, 2.45) is 0 Å². The Morgan fingerprint density at radius 3 is 2.48 bits per heavy atom. The van der Waals surface area contributed by atoms with Gasteiger partial charge in [-0.15, -0.1) is 0 Å². The van der Waals surface area contributed by atoms with E-state index in [4.69, 9.17) is 27.9 Å². The minimum Gasteiger partial charge on any atom is -0.495 e. The van der Waals surface area contributed by atoms with Crippen LogP contribution in [0, 0.1) is 6.92 Å². The van der Waals surface area contributed by atoms with E-state index >= 15 is 0 Å². The maximum absolute atomic E-state index is 6.14. The van der Waals surface area contributed by atoms with Crippen molar-refractivity contribution >= 4 is 46.3 Å². The largest absolute Gasteiger partial charge is 0.495 e. The number of aromatic nitrogens is 2. The van der Waals surface area contributed by atoms with Crippen molar-refractivity contribution in [1.29, 1.82) is 0 Å². The molecule has 0 amide bonds. The summed E-state index contributed by atoms with van der Waals surface area (Å²) in [6.07, 6.45) is 1.67. The number of benzene rings is 2. The van der Waals surface area contributed by atoms with Crippen molar-refractivity contribution in [1.82, 2.24) is 9.97 Å². The molecule has 7 heteroatoms. The molecule has 0 saturated carbocycles. The highest BCUT2D eigenvalue weighted by atomic mass is 35.5. The molecule has 5 nitrogen and oxygen atoms in total. The van der Waals surface area contributed by atoms with Gasteiger partial charge in [-0.1, -0.05) is 23.2 Å². The molecule has 3 rings (SSSR count). The van der Waals surface area contributed by atoms with Gasteiger partial charge in [-0.2, -0.15) is 4.98 Å². The lowest BCUT2D eigenvalue weighted by molar-refractivity contribution is 0.416. The van der Waals surface area contributed by atoms with Gasteiger partial charge in [0.25, 0.3) is 0 Å². The maximum Gasteiger partial charge on any atom is 0.229 e. The van der Waals surface area contributed by atoms with Crippen molar-refractivity contribution < 1.29 is 4.74 Å². The number of rotatable bonds is 5. The van der Waals surface area contributed by atoms with Crippen molar-refractivity contribution in [2.75, 3.05) is 17.7 Å². The predicted molar refractivity (Wildman–Crippen MR) is 103 cm³/mol. The van der Waals surface area contributed by atoms with Crippen molar-refractivity contribution in [3.63, 3.8) is 0 Å². The summed E-state index contributed by atoms with van der Waals surface area (Å²) in [4.78, 5) is 8.68. The first kappa shape index (κ1) is 17.3. The zero-order valence-electron chi connectivity index (χ0n) is 13.7. The minimum absolute atomic E-state index is 0.469. The third-order valence-electron chi connectivity index (χ3n) is 3.50. The van der Waals surface area contributed by atoms with E-state index in [0.717, 1.165) is 16.9 Å². The normalized spacial score (nSPS) is 10.4. The Morgan fingerprint density at radius 2 is 1.76 bits per heavy atom. The summed E-state index contributed by atoms with van der Waals surface area (Å²) in [5.41, 5.74) is 2.57. The molecule has 0 aliphatic rings. The number of hydrogen-bond acceptors (Lipinski definition) is 5. The van der Waals surface area contributed by atoms with Crippen LogP contribution in [0.1, 0.15) is 5.56 Å². The summed E-state index contributed by atoms with van der Waals surface area (Å²) < 4.78 is 5.37. The zero-order chi connectivity index (χ0) is 17.8. The first-order valence-electron chi connectivity index (χ1n) is 7.52. The Hall–Kier alpha value is -2.50. The van der Waals surface area contributed by atoms with Gasteiger partial charge < -0.3 is 15.4 Å². The highest BCUT2D eigenvalue weighted by molar-refractivity contribution is 6.31. The monoisotopic (exact) mass is 374 g/mol. The number of nitrogens with zero attached hydrogens (tertiary/aromatic N) is 2. The fraction of sp³-hybridized carbons (Fsp3) is 0.111. The molecule has 0 radical (unpaired) electrons. The summed E-state index contributed by atoms with van der Waals surface area (Å²) in [5.74, 6) is 1.74. The number of aryl methyl sites for hydroxylation is 1. The molecule has 0 unspecified atom stereocenters. The van der Waals surface area contributed by atoms with Gasteiger partial charge in [0.05, 0.1) is 12.8 Å². The number of anilines is 4. The summed E-state index contributed by atoms with van der Waals surface area (Å²) >= 11 is 12.0. The molecule has 3 aromatic rings. The fourth-order valence-electron chi connectivity index (χ4n) is 2.22. The maximum atomic E-state index is 6.14. The van der Waals surface area contributed by atoms with Crippen LogP contribution in [0.25, 0.3) is 0 Å². The molecule has 0 bridgehead atoms. The summed E-state index contributed by atoms with van der Waals surface area (Å²) in [7, 11) is 1.60. The molecule has 0 fully saturated rings. The van der Waals surface area contributed by atoms with Gasteiger partial charge in [0.15, 0.2) is 0 Å². The standard InChI is InChI=1S/C18H16Cl2N4O/c1-11-9-15(16(25-2)10-14(11)20)23-17-7-8-21-18(24-17)22-13-5-3-12(19)4-6-13/h3-10H,1-2H3,(H2,21,22,23,24). The van der Waals surface area contributed by atoms with Crippen molar-refractivity contribution in [3.05, 3.63) is 64.3 Å². The molecule has 0 saturated heterocycles. The molecule has 128 valence electrons. The van der Waals surface area contributed by atoms with Gasteiger partial charge in [-0.05, 0) is 48.9 Å². The first-order valence-corrected chi connectivity index (χ1v) is 8.27. The third-order valence-corrected chi connectivity index (χ3v) is 4.16. The Kier molecular flexibility index (Phi) is 5.26. The first-order chi connectivity index (χ1) is 12.0. The number of methoxy groups -OCH3 is 1. The van der Waals surface area contributed by atoms with Crippen LogP contribution < -0.4 is 15.4 Å². The number of hydrogen-bond donors (Lipinski definition) is 2. The van der Waals surface area contributed by atoms with E-state index in [-0.39, 0.29) is 0 Å². The van der Waals surface area contributed by atoms with E-state index in [1.807, 2.05) is 25.1 Å². The Labute approximate surface area is 156 Å². The van der Waals surface area contributed by atoms with E-state index in [9.17, 15) is 0 Å². The molecular weight excluding hydrogens is 359 g/mol. The molecule has 1 heterocycles. The van der Waals surface area contributed by atoms with Crippen molar-refractivity contribution in [3.8, 4) is 5.75 Å². The fourth-order valence-corrected chi connectivity index (χ4v) is 2.50. The van der Waals surface area contributed by atoms with Crippen LogP contribution in [0.4, 0.5) is 23.1 Å². The average molecular weight is 375 g/mol. The lowest BCUT2D eigenvalue weighted by Gasteiger charge is -2.13. The van der Waals surface area contributed by atoms with E-state index in [2.05, 4.69) is 20.6 Å². The number of nitrogens with one attached hydrogen (secondary N) is 2. The quantitative estimate of drug-likeness (QED) is 0.609. The second-order valence-electron chi connectivity index (χ2n) is 5.32. The molecule has 25 heavy (non-hydrogen) atoms. The van der Waals surface area contributed by atoms with Crippen LogP contribution in [0.15, 0.2) is 48.7 Å². The number of ether oxygens (including phenoxy) is 1. The molecule has 1 aromatic heterocycles. The molecule has 0 aliphatic heterocycles. The van der Waals surface area contributed by atoms with Crippen LogP contribution in [0.3, 0.4) is 0 Å². The summed E-state index contributed by atoms with van der Waals surface area (Å²) in [5, 5.41) is 7.69. The lowest BCUT2D eigenvalue weighted by Crippen LogP contribution is -2.01. The van der Waals surface area contributed by atoms with Gasteiger partial charge >= 0.3 is 0 Å². The molecule has 2 N–H and O–H groups in total. The van der Waals surface area contributed by atoms with Crippen LogP contribution >= 0.6 is 23.2 Å². The highest BCUT2D eigenvalue weighted by Gasteiger charge is 2.09. The predicted octanol–water partition coefficient (Wildman–Crippen LogP) is 5.59. The van der Waals surface area contributed by atoms with Gasteiger partial charge in [0.1, 0.15) is 11.6 Å². The molecule has 0 atom stereocenters. The zero-order valence-corrected chi connectivity index (χ0v) is 15.2. The minimum atomic E-state index is 0.469. The Morgan fingerprint density at radius 1 is 1.00 bits per heavy atom. The van der Waals surface area contributed by atoms with Gasteiger partial charge in [0, 0.05) is 28.0 Å².